The van der Waals surface area contributed by atoms with Gasteiger partial charge in [-0.25, -0.2) is 5.43 Å². The Labute approximate surface area is 160 Å². The van der Waals surface area contributed by atoms with E-state index < -0.39 is 0 Å². The number of benzene rings is 2. The first-order chi connectivity index (χ1) is 13.2. The second-order valence-corrected chi connectivity index (χ2v) is 5.93. The number of nitrogens with zero attached hydrogens (tertiary/aromatic N) is 1. The molecule has 6 heteroatoms. The summed E-state index contributed by atoms with van der Waals surface area (Å²) in [5, 5.41) is 4.00. The lowest BCUT2D eigenvalue weighted by atomic mass is 10.1. The summed E-state index contributed by atoms with van der Waals surface area (Å²) in [6, 6.07) is 12.9. The van der Waals surface area contributed by atoms with Crippen molar-refractivity contribution in [1.82, 2.24) is 5.43 Å². The van der Waals surface area contributed by atoms with Gasteiger partial charge in [-0.05, 0) is 53.9 Å². The van der Waals surface area contributed by atoms with Crippen molar-refractivity contribution in [3.8, 4) is 17.2 Å². The van der Waals surface area contributed by atoms with Gasteiger partial charge in [0.1, 0.15) is 5.75 Å². The van der Waals surface area contributed by atoms with Crippen molar-refractivity contribution in [2.75, 3.05) is 20.8 Å². The predicted octanol–water partition coefficient (Wildman–Crippen LogP) is 3.58. The average Bonchev–Trinajstić information content (AvgIpc) is 2.69. The van der Waals surface area contributed by atoms with E-state index in [4.69, 9.17) is 14.2 Å². The maximum absolute atomic E-state index is 12.0. The van der Waals surface area contributed by atoms with Crippen molar-refractivity contribution in [3.05, 3.63) is 53.6 Å². The Bertz CT molecular complexity index is 757. The maximum Gasteiger partial charge on any atom is 0.244 e. The summed E-state index contributed by atoms with van der Waals surface area (Å²) in [6.45, 7) is 2.85. The van der Waals surface area contributed by atoms with Crippen LogP contribution in [0.5, 0.6) is 17.2 Å². The number of carbonyl (C=O) groups excluding carboxylic acids is 1. The molecule has 0 atom stereocenters. The molecule has 0 saturated heterocycles. The first kappa shape index (κ1) is 20.3. The molecule has 2 aromatic carbocycles. The van der Waals surface area contributed by atoms with Gasteiger partial charge in [0.2, 0.25) is 5.91 Å². The van der Waals surface area contributed by atoms with E-state index in [0.717, 1.165) is 36.3 Å². The number of unbranched alkanes of at least 4 members (excludes halogenated alkanes) is 1. The minimum absolute atomic E-state index is 0.196. The number of rotatable bonds is 10. The Kier molecular flexibility index (Phi) is 8.16. The second kappa shape index (κ2) is 10.9. The molecule has 0 heterocycles. The van der Waals surface area contributed by atoms with Crippen molar-refractivity contribution >= 4 is 12.1 Å². The van der Waals surface area contributed by atoms with E-state index in [1.54, 1.807) is 32.6 Å². The first-order valence-corrected chi connectivity index (χ1v) is 8.92. The van der Waals surface area contributed by atoms with E-state index >= 15 is 0 Å². The third-order valence-corrected chi connectivity index (χ3v) is 3.86. The highest BCUT2D eigenvalue weighted by Crippen LogP contribution is 2.27. The third-order valence-electron chi connectivity index (χ3n) is 3.86. The summed E-state index contributed by atoms with van der Waals surface area (Å²) in [6.07, 6.45) is 3.94. The number of ether oxygens (including phenoxy) is 3. The highest BCUT2D eigenvalue weighted by atomic mass is 16.5. The molecular formula is C21H26N2O4. The topological polar surface area (TPSA) is 69.2 Å². The smallest absolute Gasteiger partial charge is 0.244 e. The number of hydrogen-bond acceptors (Lipinski definition) is 5. The van der Waals surface area contributed by atoms with Gasteiger partial charge in [0, 0.05) is 0 Å². The molecule has 27 heavy (non-hydrogen) atoms. The molecule has 1 amide bonds. The van der Waals surface area contributed by atoms with Gasteiger partial charge in [-0.1, -0.05) is 19.4 Å². The largest absolute Gasteiger partial charge is 0.494 e. The van der Waals surface area contributed by atoms with Crippen LogP contribution in [-0.2, 0) is 11.2 Å². The SMILES string of the molecule is CCCCOc1ccc(/C=N\NC(=O)Cc2ccc(OC)c(OC)c2)cc1. The number of carbonyl (C=O) groups is 1. The average molecular weight is 370 g/mol. The Morgan fingerprint density at radius 1 is 1.07 bits per heavy atom. The Hall–Kier alpha value is -3.02. The monoisotopic (exact) mass is 370 g/mol. The molecule has 6 nitrogen and oxygen atoms in total. The molecule has 0 aliphatic rings. The van der Waals surface area contributed by atoms with Gasteiger partial charge in [-0.15, -0.1) is 0 Å². The van der Waals surface area contributed by atoms with Crippen LogP contribution < -0.4 is 19.6 Å². The first-order valence-electron chi connectivity index (χ1n) is 8.92. The fourth-order valence-electron chi connectivity index (χ4n) is 2.38. The van der Waals surface area contributed by atoms with Crippen LogP contribution in [0.25, 0.3) is 0 Å². The Morgan fingerprint density at radius 2 is 1.81 bits per heavy atom. The van der Waals surface area contributed by atoms with Crippen molar-refractivity contribution in [2.45, 2.75) is 26.2 Å². The summed E-state index contributed by atoms with van der Waals surface area (Å²) in [4.78, 5) is 12.0. The summed E-state index contributed by atoms with van der Waals surface area (Å²) >= 11 is 0. The molecule has 0 radical (unpaired) electrons. The van der Waals surface area contributed by atoms with Crippen molar-refractivity contribution in [3.63, 3.8) is 0 Å². The van der Waals surface area contributed by atoms with Crippen LogP contribution >= 0.6 is 0 Å². The quantitative estimate of drug-likeness (QED) is 0.394. The number of amides is 1. The van der Waals surface area contributed by atoms with Crippen LogP contribution in [0.15, 0.2) is 47.6 Å². The molecular weight excluding hydrogens is 344 g/mol. The molecule has 144 valence electrons. The summed E-state index contributed by atoms with van der Waals surface area (Å²) in [7, 11) is 3.13. The van der Waals surface area contributed by atoms with E-state index in [0.29, 0.717) is 11.5 Å². The third kappa shape index (κ3) is 6.66. The van der Waals surface area contributed by atoms with E-state index in [2.05, 4.69) is 17.5 Å². The molecule has 2 rings (SSSR count). The summed E-state index contributed by atoms with van der Waals surface area (Å²) in [5.74, 6) is 1.84. The molecule has 1 N–H and O–H groups in total. The van der Waals surface area contributed by atoms with Gasteiger partial charge in [0.05, 0.1) is 33.5 Å². The van der Waals surface area contributed by atoms with Crippen LogP contribution in [-0.4, -0.2) is 32.9 Å². The minimum atomic E-state index is -0.210. The number of hydrogen-bond donors (Lipinski definition) is 1. The molecule has 0 aliphatic carbocycles. The van der Waals surface area contributed by atoms with Gasteiger partial charge in [0.25, 0.3) is 0 Å². The number of hydrazone groups is 1. The highest BCUT2D eigenvalue weighted by molar-refractivity contribution is 5.83. The van der Waals surface area contributed by atoms with E-state index in [1.807, 2.05) is 30.3 Å². The van der Waals surface area contributed by atoms with E-state index in [-0.39, 0.29) is 12.3 Å². The van der Waals surface area contributed by atoms with E-state index in [9.17, 15) is 4.79 Å². The number of methoxy groups -OCH3 is 2. The van der Waals surface area contributed by atoms with E-state index in [1.165, 1.54) is 0 Å². The van der Waals surface area contributed by atoms with Gasteiger partial charge >= 0.3 is 0 Å². The van der Waals surface area contributed by atoms with Gasteiger partial charge in [-0.3, -0.25) is 4.79 Å². The Morgan fingerprint density at radius 3 is 2.48 bits per heavy atom. The standard InChI is InChI=1S/C21H26N2O4/c1-4-5-12-27-18-9-6-16(7-10-18)15-22-23-21(24)14-17-8-11-19(25-2)20(13-17)26-3/h6-11,13,15H,4-5,12,14H2,1-3H3,(H,23,24)/b22-15-. The molecule has 0 bridgehead atoms. The van der Waals surface area contributed by atoms with Crippen molar-refractivity contribution in [2.24, 2.45) is 5.10 Å². The van der Waals surface area contributed by atoms with Crippen LogP contribution in [0.4, 0.5) is 0 Å². The zero-order chi connectivity index (χ0) is 19.5. The van der Waals surface area contributed by atoms with Gasteiger partial charge < -0.3 is 14.2 Å². The summed E-state index contributed by atoms with van der Waals surface area (Å²) < 4.78 is 16.0. The lowest BCUT2D eigenvalue weighted by molar-refractivity contribution is -0.120. The molecule has 0 unspecified atom stereocenters. The predicted molar refractivity (Wildman–Crippen MR) is 106 cm³/mol. The molecule has 0 aromatic heterocycles. The number of nitrogens with one attached hydrogen (secondary N) is 1. The zero-order valence-electron chi connectivity index (χ0n) is 16.0. The van der Waals surface area contributed by atoms with Crippen LogP contribution in [0, 0.1) is 0 Å². The highest BCUT2D eigenvalue weighted by Gasteiger charge is 2.07. The fourth-order valence-corrected chi connectivity index (χ4v) is 2.38. The lowest BCUT2D eigenvalue weighted by Crippen LogP contribution is -2.19. The van der Waals surface area contributed by atoms with Gasteiger partial charge in [0.15, 0.2) is 11.5 Å². The van der Waals surface area contributed by atoms with Crippen LogP contribution in [0.3, 0.4) is 0 Å². The molecule has 2 aromatic rings. The normalized spacial score (nSPS) is 10.6. The fraction of sp³-hybridized carbons (Fsp3) is 0.333. The van der Waals surface area contributed by atoms with Crippen molar-refractivity contribution < 1.29 is 19.0 Å². The Balaban J connectivity index is 1.84. The molecule has 0 saturated carbocycles. The van der Waals surface area contributed by atoms with Crippen LogP contribution in [0.1, 0.15) is 30.9 Å². The molecule has 0 fully saturated rings. The zero-order valence-corrected chi connectivity index (χ0v) is 16.0. The summed E-state index contributed by atoms with van der Waals surface area (Å²) in [5.41, 5.74) is 4.22. The minimum Gasteiger partial charge on any atom is -0.494 e. The lowest BCUT2D eigenvalue weighted by Gasteiger charge is -2.09. The molecule has 0 spiro atoms. The maximum atomic E-state index is 12.0. The van der Waals surface area contributed by atoms with Gasteiger partial charge in [-0.2, -0.15) is 5.10 Å². The van der Waals surface area contributed by atoms with Crippen molar-refractivity contribution in [1.29, 1.82) is 0 Å². The second-order valence-electron chi connectivity index (χ2n) is 5.93. The molecule has 0 aliphatic heterocycles. The van der Waals surface area contributed by atoms with Crippen LogP contribution in [0.2, 0.25) is 0 Å².